The van der Waals surface area contributed by atoms with Crippen molar-refractivity contribution in [1.29, 1.82) is 0 Å². The van der Waals surface area contributed by atoms with Crippen molar-refractivity contribution < 1.29 is 14.3 Å². The first-order chi connectivity index (χ1) is 7.80. The molecule has 0 spiro atoms. The monoisotopic (exact) mass is 232 g/mol. The maximum absolute atomic E-state index is 11.1. The molecule has 1 aromatic heterocycles. The number of benzene rings is 1. The highest BCUT2D eigenvalue weighted by molar-refractivity contribution is 6.03. The Balaban J connectivity index is 2.70. The Bertz CT molecular complexity index is 585. The summed E-state index contributed by atoms with van der Waals surface area (Å²) in [4.78, 5) is 11.1. The van der Waals surface area contributed by atoms with Crippen LogP contribution >= 0.6 is 0 Å². The maximum atomic E-state index is 11.1. The van der Waals surface area contributed by atoms with Crippen LogP contribution in [0.1, 0.15) is 42.5 Å². The number of aromatic carboxylic acids is 1. The summed E-state index contributed by atoms with van der Waals surface area (Å²) in [5, 5.41) is 9.79. The lowest BCUT2D eigenvalue weighted by molar-refractivity contribution is 0.0697. The Morgan fingerprint density at radius 2 is 1.94 bits per heavy atom. The number of carboxylic acids is 1. The number of carboxylic acid groups (broad SMARTS) is 1. The van der Waals surface area contributed by atoms with E-state index < -0.39 is 5.97 Å². The fraction of sp³-hybridized carbons (Fsp3) is 0.357. The molecular weight excluding hydrogens is 216 g/mol. The van der Waals surface area contributed by atoms with E-state index in [0.29, 0.717) is 16.7 Å². The van der Waals surface area contributed by atoms with Gasteiger partial charge in [-0.1, -0.05) is 26.8 Å². The van der Waals surface area contributed by atoms with E-state index in [0.717, 1.165) is 5.56 Å². The van der Waals surface area contributed by atoms with Crippen LogP contribution in [0, 0.1) is 6.92 Å². The largest absolute Gasteiger partial charge is 0.478 e. The molecule has 1 N–H and O–H groups in total. The van der Waals surface area contributed by atoms with Gasteiger partial charge in [0.15, 0.2) is 0 Å². The Morgan fingerprint density at radius 1 is 1.29 bits per heavy atom. The standard InChI is InChI=1S/C14H16O3/c1-8-12(13(15)16)10-6-5-9(14(2,3)4)7-11(10)17-8/h5-7H,1-4H3,(H,15,16). The Morgan fingerprint density at radius 3 is 2.47 bits per heavy atom. The van der Waals surface area contributed by atoms with Crippen molar-refractivity contribution in [3.05, 3.63) is 35.1 Å². The van der Waals surface area contributed by atoms with Gasteiger partial charge >= 0.3 is 5.97 Å². The van der Waals surface area contributed by atoms with E-state index in [1.54, 1.807) is 6.92 Å². The third-order valence-electron chi connectivity index (χ3n) is 2.95. The average Bonchev–Trinajstić information content (AvgIpc) is 2.50. The van der Waals surface area contributed by atoms with Gasteiger partial charge in [0.25, 0.3) is 0 Å². The molecule has 1 aromatic carbocycles. The second kappa shape index (κ2) is 3.62. The SMILES string of the molecule is Cc1oc2cc(C(C)(C)C)ccc2c1C(=O)O. The van der Waals surface area contributed by atoms with Gasteiger partial charge in [-0.15, -0.1) is 0 Å². The first kappa shape index (κ1) is 11.7. The quantitative estimate of drug-likeness (QED) is 0.814. The van der Waals surface area contributed by atoms with E-state index in [1.807, 2.05) is 18.2 Å². The minimum Gasteiger partial charge on any atom is -0.478 e. The van der Waals surface area contributed by atoms with Crippen LogP contribution in [0.3, 0.4) is 0 Å². The van der Waals surface area contributed by atoms with Gasteiger partial charge in [-0.25, -0.2) is 4.79 Å². The molecular formula is C14H16O3. The third kappa shape index (κ3) is 1.93. The molecule has 0 saturated heterocycles. The molecule has 1 heterocycles. The first-order valence-corrected chi connectivity index (χ1v) is 5.57. The van der Waals surface area contributed by atoms with Gasteiger partial charge in [0.05, 0.1) is 0 Å². The van der Waals surface area contributed by atoms with Gasteiger partial charge in [0, 0.05) is 5.39 Å². The van der Waals surface area contributed by atoms with Crippen LogP contribution in [0.2, 0.25) is 0 Å². The summed E-state index contributed by atoms with van der Waals surface area (Å²) in [5.41, 5.74) is 2.07. The fourth-order valence-corrected chi connectivity index (χ4v) is 1.95. The van der Waals surface area contributed by atoms with Crippen LogP contribution in [0.25, 0.3) is 11.0 Å². The lowest BCUT2D eigenvalue weighted by Gasteiger charge is -2.18. The second-order valence-electron chi connectivity index (χ2n) is 5.30. The first-order valence-electron chi connectivity index (χ1n) is 5.57. The Hall–Kier alpha value is -1.77. The van der Waals surface area contributed by atoms with E-state index >= 15 is 0 Å². The highest BCUT2D eigenvalue weighted by Crippen LogP contribution is 2.30. The van der Waals surface area contributed by atoms with Gasteiger partial charge in [0.2, 0.25) is 0 Å². The summed E-state index contributed by atoms with van der Waals surface area (Å²) >= 11 is 0. The zero-order valence-electron chi connectivity index (χ0n) is 10.5. The summed E-state index contributed by atoms with van der Waals surface area (Å²) in [6.45, 7) is 8.02. The van der Waals surface area contributed by atoms with Crippen molar-refractivity contribution in [3.63, 3.8) is 0 Å². The molecule has 0 fully saturated rings. The summed E-state index contributed by atoms with van der Waals surface area (Å²) < 4.78 is 5.52. The molecule has 0 saturated carbocycles. The van der Waals surface area contributed by atoms with Crippen LogP contribution in [0.4, 0.5) is 0 Å². The number of rotatable bonds is 1. The van der Waals surface area contributed by atoms with Crippen LogP contribution in [-0.2, 0) is 5.41 Å². The predicted molar refractivity (Wildman–Crippen MR) is 66.6 cm³/mol. The summed E-state index contributed by atoms with van der Waals surface area (Å²) in [5.74, 6) is -0.483. The smallest absolute Gasteiger partial charge is 0.339 e. The molecule has 0 radical (unpaired) electrons. The van der Waals surface area contributed by atoms with Crippen LogP contribution < -0.4 is 0 Å². The van der Waals surface area contributed by atoms with Gasteiger partial charge in [0.1, 0.15) is 16.9 Å². The molecule has 0 aliphatic carbocycles. The van der Waals surface area contributed by atoms with Gasteiger partial charge in [-0.05, 0) is 30.0 Å². The average molecular weight is 232 g/mol. The Labute approximate surface area is 100 Å². The molecule has 0 aliphatic rings. The predicted octanol–water partition coefficient (Wildman–Crippen LogP) is 3.74. The summed E-state index contributed by atoms with van der Waals surface area (Å²) in [6.07, 6.45) is 0. The van der Waals surface area contributed by atoms with E-state index in [1.165, 1.54) is 0 Å². The number of carbonyl (C=O) groups is 1. The van der Waals surface area contributed by atoms with E-state index in [-0.39, 0.29) is 11.0 Å². The zero-order valence-corrected chi connectivity index (χ0v) is 10.5. The van der Waals surface area contributed by atoms with E-state index in [2.05, 4.69) is 20.8 Å². The highest BCUT2D eigenvalue weighted by Gasteiger charge is 2.20. The molecule has 0 atom stereocenters. The van der Waals surface area contributed by atoms with Crippen molar-refractivity contribution in [2.24, 2.45) is 0 Å². The van der Waals surface area contributed by atoms with Gasteiger partial charge in [-0.2, -0.15) is 0 Å². The maximum Gasteiger partial charge on any atom is 0.339 e. The van der Waals surface area contributed by atoms with Gasteiger partial charge in [-0.3, -0.25) is 0 Å². The van der Waals surface area contributed by atoms with Crippen molar-refractivity contribution in [3.8, 4) is 0 Å². The lowest BCUT2D eigenvalue weighted by Crippen LogP contribution is -2.10. The summed E-state index contributed by atoms with van der Waals surface area (Å²) in [6, 6.07) is 5.72. The zero-order chi connectivity index (χ0) is 12.8. The van der Waals surface area contributed by atoms with Crippen LogP contribution in [0.5, 0.6) is 0 Å². The van der Waals surface area contributed by atoms with Crippen LogP contribution in [0.15, 0.2) is 22.6 Å². The summed E-state index contributed by atoms with van der Waals surface area (Å²) in [7, 11) is 0. The minimum absolute atomic E-state index is 0.0261. The van der Waals surface area contributed by atoms with Crippen molar-refractivity contribution >= 4 is 16.9 Å². The fourth-order valence-electron chi connectivity index (χ4n) is 1.95. The van der Waals surface area contributed by atoms with E-state index in [9.17, 15) is 4.79 Å². The molecule has 3 heteroatoms. The molecule has 0 aliphatic heterocycles. The van der Waals surface area contributed by atoms with Gasteiger partial charge < -0.3 is 9.52 Å². The molecule has 0 amide bonds. The minimum atomic E-state index is -0.940. The molecule has 0 unspecified atom stereocenters. The molecule has 0 bridgehead atoms. The second-order valence-corrected chi connectivity index (χ2v) is 5.30. The van der Waals surface area contributed by atoms with E-state index in [4.69, 9.17) is 9.52 Å². The topological polar surface area (TPSA) is 50.4 Å². The number of furan rings is 1. The van der Waals surface area contributed by atoms with Crippen molar-refractivity contribution in [1.82, 2.24) is 0 Å². The number of aryl methyl sites for hydroxylation is 1. The number of hydrogen-bond donors (Lipinski definition) is 1. The Kier molecular flexibility index (Phi) is 2.49. The molecule has 2 aromatic rings. The van der Waals surface area contributed by atoms with Crippen LogP contribution in [-0.4, -0.2) is 11.1 Å². The number of fused-ring (bicyclic) bond motifs is 1. The molecule has 3 nitrogen and oxygen atoms in total. The van der Waals surface area contributed by atoms with Crippen molar-refractivity contribution in [2.75, 3.05) is 0 Å². The lowest BCUT2D eigenvalue weighted by atomic mass is 9.86. The molecule has 2 rings (SSSR count). The molecule has 90 valence electrons. The molecule has 17 heavy (non-hydrogen) atoms. The normalized spacial score (nSPS) is 12.0. The third-order valence-corrected chi connectivity index (χ3v) is 2.95. The highest BCUT2D eigenvalue weighted by atomic mass is 16.4. The van der Waals surface area contributed by atoms with Crippen molar-refractivity contribution in [2.45, 2.75) is 33.1 Å². The number of hydrogen-bond acceptors (Lipinski definition) is 2.